The molecule has 1 aliphatic heterocycles. The predicted octanol–water partition coefficient (Wildman–Crippen LogP) is 2.52. The first-order valence-corrected chi connectivity index (χ1v) is 7.24. The highest BCUT2D eigenvalue weighted by Crippen LogP contribution is 2.26. The second kappa shape index (κ2) is 6.83. The zero-order chi connectivity index (χ0) is 16.3. The Morgan fingerprint density at radius 3 is 2.86 bits per heavy atom. The molecule has 0 aliphatic carbocycles. The van der Waals surface area contributed by atoms with Crippen LogP contribution in [0, 0.1) is 27.8 Å². The van der Waals surface area contributed by atoms with Crippen molar-refractivity contribution in [1.82, 2.24) is 5.32 Å². The van der Waals surface area contributed by atoms with Gasteiger partial charge in [0, 0.05) is 25.1 Å². The number of hydrogen-bond donors (Lipinski definition) is 1. The summed E-state index contributed by atoms with van der Waals surface area (Å²) in [4.78, 5) is 21.9. The molecule has 1 aromatic carbocycles. The van der Waals surface area contributed by atoms with E-state index < -0.39 is 16.6 Å². The normalized spacial score (nSPS) is 21.1. The minimum absolute atomic E-state index is 0.0852. The van der Waals surface area contributed by atoms with Crippen LogP contribution in [0.25, 0.3) is 0 Å². The van der Waals surface area contributed by atoms with Crippen LogP contribution in [0.15, 0.2) is 18.2 Å². The van der Waals surface area contributed by atoms with Gasteiger partial charge in [-0.25, -0.2) is 4.39 Å². The lowest BCUT2D eigenvalue weighted by molar-refractivity contribution is -0.385. The zero-order valence-corrected chi connectivity index (χ0v) is 12.5. The Labute approximate surface area is 127 Å². The van der Waals surface area contributed by atoms with E-state index in [2.05, 4.69) is 19.2 Å². The van der Waals surface area contributed by atoms with E-state index in [4.69, 9.17) is 4.74 Å². The van der Waals surface area contributed by atoms with Gasteiger partial charge in [0.05, 0.1) is 22.7 Å². The lowest BCUT2D eigenvalue weighted by Crippen LogP contribution is -2.35. The highest BCUT2D eigenvalue weighted by molar-refractivity contribution is 5.94. The maximum absolute atomic E-state index is 13.8. The number of carbonyl (C=O) groups is 1. The number of nitro groups is 1. The van der Waals surface area contributed by atoms with Gasteiger partial charge in [-0.15, -0.1) is 0 Å². The quantitative estimate of drug-likeness (QED) is 0.669. The second-order valence-corrected chi connectivity index (χ2v) is 5.76. The number of nitrogens with zero attached hydrogens (tertiary/aromatic N) is 1. The number of rotatable bonds is 5. The van der Waals surface area contributed by atoms with E-state index in [9.17, 15) is 19.3 Å². The van der Waals surface area contributed by atoms with Crippen molar-refractivity contribution in [3.05, 3.63) is 39.7 Å². The van der Waals surface area contributed by atoms with E-state index in [1.54, 1.807) is 0 Å². The van der Waals surface area contributed by atoms with Crippen molar-refractivity contribution in [3.8, 4) is 0 Å². The molecule has 1 aliphatic rings. The molecule has 0 aromatic heterocycles. The van der Waals surface area contributed by atoms with Gasteiger partial charge in [-0.05, 0) is 18.4 Å². The van der Waals surface area contributed by atoms with Gasteiger partial charge >= 0.3 is 0 Å². The van der Waals surface area contributed by atoms with Crippen LogP contribution in [-0.4, -0.2) is 30.1 Å². The smallest absolute Gasteiger partial charge is 0.272 e. The number of carbonyl (C=O) groups excluding carboxylic acids is 1. The minimum Gasteiger partial charge on any atom is -0.378 e. The minimum atomic E-state index is -0.894. The molecule has 2 atom stereocenters. The van der Waals surface area contributed by atoms with E-state index in [0.29, 0.717) is 19.1 Å². The molecule has 0 radical (unpaired) electrons. The molecule has 7 heteroatoms. The summed E-state index contributed by atoms with van der Waals surface area (Å²) in [5, 5.41) is 13.2. The summed E-state index contributed by atoms with van der Waals surface area (Å²) in [5.41, 5.74) is -0.566. The molecule has 1 N–H and O–H groups in total. The number of benzene rings is 1. The predicted molar refractivity (Wildman–Crippen MR) is 78.1 cm³/mol. The van der Waals surface area contributed by atoms with Crippen LogP contribution < -0.4 is 5.32 Å². The molecule has 2 rings (SSSR count). The zero-order valence-electron chi connectivity index (χ0n) is 12.5. The molecule has 0 saturated carbocycles. The number of hydrogen-bond acceptors (Lipinski definition) is 4. The summed E-state index contributed by atoms with van der Waals surface area (Å²) in [5.74, 6) is -0.915. The molecule has 1 heterocycles. The summed E-state index contributed by atoms with van der Waals surface area (Å²) in [6, 6.07) is 3.01. The van der Waals surface area contributed by atoms with Crippen LogP contribution in [0.5, 0.6) is 0 Å². The summed E-state index contributed by atoms with van der Waals surface area (Å²) >= 11 is 0. The molecular weight excluding hydrogens is 291 g/mol. The molecule has 22 heavy (non-hydrogen) atoms. The van der Waals surface area contributed by atoms with E-state index in [1.807, 2.05) is 0 Å². The van der Waals surface area contributed by atoms with Crippen molar-refractivity contribution >= 4 is 11.6 Å². The lowest BCUT2D eigenvalue weighted by atomic mass is 9.93. The van der Waals surface area contributed by atoms with Crippen LogP contribution in [0.3, 0.4) is 0 Å². The largest absolute Gasteiger partial charge is 0.378 e. The third-order valence-corrected chi connectivity index (χ3v) is 3.85. The number of nitrogens with one attached hydrogen (secondary N) is 1. The van der Waals surface area contributed by atoms with Gasteiger partial charge in [0.2, 0.25) is 0 Å². The molecular formula is C15H19FN2O4. The highest BCUT2D eigenvalue weighted by Gasteiger charge is 2.31. The number of non-ortho nitro benzene ring substituents is 1. The van der Waals surface area contributed by atoms with Crippen molar-refractivity contribution in [3.63, 3.8) is 0 Å². The van der Waals surface area contributed by atoms with Gasteiger partial charge in [0.1, 0.15) is 5.82 Å². The molecule has 1 fully saturated rings. The fourth-order valence-corrected chi connectivity index (χ4v) is 2.73. The molecule has 1 amide bonds. The standard InChI is InChI=1S/C15H19FN2O4/c1-9(2)14-10(5-6-22-14)8-17-15(19)12-4-3-11(18(20)21)7-13(12)16/h3-4,7,9-10,14H,5-6,8H2,1-2H3,(H,17,19)/t10-,14-/m0/s1. The summed E-state index contributed by atoms with van der Waals surface area (Å²) < 4.78 is 19.4. The van der Waals surface area contributed by atoms with Gasteiger partial charge in [0.25, 0.3) is 11.6 Å². The first kappa shape index (κ1) is 16.4. The Hall–Kier alpha value is -2.02. The van der Waals surface area contributed by atoms with Crippen LogP contribution in [-0.2, 0) is 4.74 Å². The number of amides is 1. The molecule has 1 saturated heterocycles. The van der Waals surface area contributed by atoms with Gasteiger partial charge in [-0.3, -0.25) is 14.9 Å². The Bertz CT molecular complexity index is 577. The van der Waals surface area contributed by atoms with Crippen molar-refractivity contribution in [2.24, 2.45) is 11.8 Å². The number of halogens is 1. The van der Waals surface area contributed by atoms with Crippen molar-refractivity contribution < 1.29 is 18.8 Å². The average Bonchev–Trinajstić information content (AvgIpc) is 2.93. The monoisotopic (exact) mass is 310 g/mol. The summed E-state index contributed by atoms with van der Waals surface area (Å²) in [7, 11) is 0. The summed E-state index contributed by atoms with van der Waals surface area (Å²) in [6.07, 6.45) is 0.938. The van der Waals surface area contributed by atoms with Crippen LogP contribution in [0.4, 0.5) is 10.1 Å². The Morgan fingerprint density at radius 1 is 1.55 bits per heavy atom. The van der Waals surface area contributed by atoms with Crippen molar-refractivity contribution in [2.75, 3.05) is 13.2 Å². The van der Waals surface area contributed by atoms with E-state index in [-0.39, 0.29) is 23.3 Å². The maximum atomic E-state index is 13.8. The molecule has 0 bridgehead atoms. The van der Waals surface area contributed by atoms with Crippen molar-refractivity contribution in [2.45, 2.75) is 26.4 Å². The SMILES string of the molecule is CC(C)[C@@H]1OCC[C@H]1CNC(=O)c1ccc([N+](=O)[O-])cc1F. The van der Waals surface area contributed by atoms with Gasteiger partial charge in [0.15, 0.2) is 0 Å². The van der Waals surface area contributed by atoms with E-state index >= 15 is 0 Å². The first-order chi connectivity index (χ1) is 10.4. The first-order valence-electron chi connectivity index (χ1n) is 7.24. The molecule has 120 valence electrons. The fraction of sp³-hybridized carbons (Fsp3) is 0.533. The van der Waals surface area contributed by atoms with Gasteiger partial charge in [-0.2, -0.15) is 0 Å². The number of ether oxygens (including phenoxy) is 1. The van der Waals surface area contributed by atoms with Crippen LogP contribution in [0.2, 0.25) is 0 Å². The lowest BCUT2D eigenvalue weighted by Gasteiger charge is -2.22. The number of nitro benzene ring substituents is 1. The summed E-state index contributed by atoms with van der Waals surface area (Å²) in [6.45, 7) is 5.18. The molecule has 6 nitrogen and oxygen atoms in total. The molecule has 0 spiro atoms. The maximum Gasteiger partial charge on any atom is 0.272 e. The molecule has 0 unspecified atom stereocenters. The van der Waals surface area contributed by atoms with Crippen LogP contribution >= 0.6 is 0 Å². The van der Waals surface area contributed by atoms with Gasteiger partial charge < -0.3 is 10.1 Å². The fourth-order valence-electron chi connectivity index (χ4n) is 2.73. The van der Waals surface area contributed by atoms with E-state index in [1.165, 1.54) is 0 Å². The third kappa shape index (κ3) is 3.59. The second-order valence-electron chi connectivity index (χ2n) is 5.76. The highest BCUT2D eigenvalue weighted by atomic mass is 19.1. The topological polar surface area (TPSA) is 81.5 Å². The average molecular weight is 310 g/mol. The van der Waals surface area contributed by atoms with E-state index in [0.717, 1.165) is 24.6 Å². The van der Waals surface area contributed by atoms with Crippen LogP contribution in [0.1, 0.15) is 30.6 Å². The Kier molecular flexibility index (Phi) is 5.07. The van der Waals surface area contributed by atoms with Gasteiger partial charge in [-0.1, -0.05) is 13.8 Å². The Balaban J connectivity index is 1.99. The third-order valence-electron chi connectivity index (χ3n) is 3.85. The van der Waals surface area contributed by atoms with Crippen molar-refractivity contribution in [1.29, 1.82) is 0 Å². The Morgan fingerprint density at radius 2 is 2.27 bits per heavy atom. The molecule has 1 aromatic rings.